The Balaban J connectivity index is 1.29. The number of hydrogen-bond donors (Lipinski definition) is 3. The third-order valence-corrected chi connectivity index (χ3v) is 7.00. The van der Waals surface area contributed by atoms with Crippen LogP contribution in [-0.2, 0) is 17.5 Å². The van der Waals surface area contributed by atoms with Gasteiger partial charge in [-0.05, 0) is 56.7 Å². The van der Waals surface area contributed by atoms with Crippen LogP contribution in [-0.4, -0.2) is 68.3 Å². The van der Waals surface area contributed by atoms with Crippen molar-refractivity contribution in [2.24, 2.45) is 0 Å². The van der Waals surface area contributed by atoms with E-state index in [1.165, 1.54) is 24.5 Å². The zero-order valence-corrected chi connectivity index (χ0v) is 24.5. The molecule has 0 bridgehead atoms. The first kappa shape index (κ1) is 30.6. The summed E-state index contributed by atoms with van der Waals surface area (Å²) in [4.78, 5) is 33.0. The van der Waals surface area contributed by atoms with Gasteiger partial charge in [-0.3, -0.25) is 4.90 Å². The van der Waals surface area contributed by atoms with Crippen LogP contribution < -0.4 is 16.4 Å². The predicted molar refractivity (Wildman–Crippen MR) is 160 cm³/mol. The molecule has 2 aromatic carbocycles. The molecule has 4 aromatic rings. The first-order valence-electron chi connectivity index (χ1n) is 13.9. The van der Waals surface area contributed by atoms with E-state index in [0.717, 1.165) is 22.9 Å². The second kappa shape index (κ2) is 12.0. The van der Waals surface area contributed by atoms with Crippen LogP contribution in [0.4, 0.5) is 40.0 Å². The molecule has 4 N–H and O–H groups in total. The smallest absolute Gasteiger partial charge is 0.418 e. The van der Waals surface area contributed by atoms with Crippen LogP contribution in [0.25, 0.3) is 16.6 Å². The number of nitrogen functional groups attached to an aromatic ring is 1. The summed E-state index contributed by atoms with van der Waals surface area (Å²) in [5.74, 6) is 0.293. The number of rotatable bonds is 5. The maximum absolute atomic E-state index is 13.3. The lowest BCUT2D eigenvalue weighted by Gasteiger charge is -2.35. The number of aromatic nitrogens is 3. The van der Waals surface area contributed by atoms with Crippen molar-refractivity contribution in [2.75, 3.05) is 42.5 Å². The number of halogens is 3. The molecule has 0 aliphatic carbocycles. The molecule has 44 heavy (non-hydrogen) atoms. The van der Waals surface area contributed by atoms with E-state index >= 15 is 0 Å². The Hall–Kier alpha value is -4.85. The Kier molecular flexibility index (Phi) is 8.37. The minimum Gasteiger partial charge on any atom is -0.444 e. The van der Waals surface area contributed by atoms with E-state index in [1.807, 2.05) is 26.8 Å². The van der Waals surface area contributed by atoms with Crippen LogP contribution in [0, 0.1) is 0 Å². The van der Waals surface area contributed by atoms with Gasteiger partial charge in [0.15, 0.2) is 5.82 Å². The molecule has 2 aromatic heterocycles. The molecule has 232 valence electrons. The molecule has 11 nitrogen and oxygen atoms in total. The lowest BCUT2D eigenvalue weighted by molar-refractivity contribution is -0.136. The van der Waals surface area contributed by atoms with Crippen molar-refractivity contribution in [3.63, 3.8) is 0 Å². The second-order valence-corrected chi connectivity index (χ2v) is 11.4. The van der Waals surface area contributed by atoms with Crippen molar-refractivity contribution >= 4 is 34.8 Å². The van der Waals surface area contributed by atoms with Gasteiger partial charge in [-0.15, -0.1) is 0 Å². The molecule has 1 aliphatic rings. The lowest BCUT2D eigenvalue weighted by Crippen LogP contribution is -2.49. The zero-order chi connectivity index (χ0) is 31.6. The minimum absolute atomic E-state index is 0.293. The molecule has 1 fully saturated rings. The fourth-order valence-corrected chi connectivity index (χ4v) is 4.97. The van der Waals surface area contributed by atoms with Crippen LogP contribution in [0.15, 0.2) is 60.9 Å². The SMILES string of the molecule is CC(C)(C)OC(=O)N1CCN(Cc2cc(-c3ccc(NC(=O)Nc4ccccc4C(F)(F)F)cc3)c3c(N)ncnn23)CC1. The fourth-order valence-electron chi connectivity index (χ4n) is 4.97. The van der Waals surface area contributed by atoms with Crippen molar-refractivity contribution in [3.05, 3.63) is 72.2 Å². The number of carbonyl (C=O) groups is 2. The molecule has 1 aliphatic heterocycles. The maximum atomic E-state index is 13.3. The first-order chi connectivity index (χ1) is 20.8. The number of benzene rings is 2. The Labute approximate surface area is 251 Å². The van der Waals surface area contributed by atoms with Gasteiger partial charge < -0.3 is 26.0 Å². The Bertz CT molecular complexity index is 1660. The van der Waals surface area contributed by atoms with Gasteiger partial charge in [0.2, 0.25) is 0 Å². The Morgan fingerprint density at radius 2 is 1.66 bits per heavy atom. The summed E-state index contributed by atoms with van der Waals surface area (Å²) in [5.41, 5.74) is 7.86. The van der Waals surface area contributed by atoms with Crippen molar-refractivity contribution < 1.29 is 27.5 Å². The summed E-state index contributed by atoms with van der Waals surface area (Å²) in [6, 6.07) is 12.7. The molecule has 1 saturated heterocycles. The normalized spacial score (nSPS) is 14.5. The number of nitrogens with zero attached hydrogens (tertiary/aromatic N) is 5. The topological polar surface area (TPSA) is 130 Å². The summed E-state index contributed by atoms with van der Waals surface area (Å²) in [6.07, 6.45) is -3.54. The summed E-state index contributed by atoms with van der Waals surface area (Å²) in [5, 5.41) is 9.26. The highest BCUT2D eigenvalue weighted by atomic mass is 19.4. The summed E-state index contributed by atoms with van der Waals surface area (Å²) >= 11 is 0. The maximum Gasteiger partial charge on any atom is 0.418 e. The molecule has 3 heterocycles. The quantitative estimate of drug-likeness (QED) is 0.265. The van der Waals surface area contributed by atoms with E-state index in [9.17, 15) is 22.8 Å². The highest BCUT2D eigenvalue weighted by Gasteiger charge is 2.33. The van der Waals surface area contributed by atoms with Crippen LogP contribution in [0.1, 0.15) is 32.0 Å². The number of para-hydroxylation sites is 1. The van der Waals surface area contributed by atoms with Crippen LogP contribution in [0.2, 0.25) is 0 Å². The second-order valence-electron chi connectivity index (χ2n) is 11.4. The van der Waals surface area contributed by atoms with E-state index in [0.29, 0.717) is 49.7 Å². The summed E-state index contributed by atoms with van der Waals surface area (Å²) in [7, 11) is 0. The molecule has 0 unspecified atom stereocenters. The standard InChI is InChI=1S/C30H33F3N8O3/c1-29(2,3)44-28(43)40-14-12-39(13-15-40)17-21-16-22(25-26(34)35-18-36-41(21)25)19-8-10-20(11-9-19)37-27(42)38-24-7-5-4-6-23(24)30(31,32)33/h4-11,16,18H,12-15,17H2,1-3H3,(H2,34,35,36)(H2,37,38,42). The number of anilines is 3. The number of alkyl halides is 3. The number of piperazine rings is 1. The zero-order valence-electron chi connectivity index (χ0n) is 24.5. The number of amides is 3. The largest absolute Gasteiger partial charge is 0.444 e. The Morgan fingerprint density at radius 3 is 2.32 bits per heavy atom. The average Bonchev–Trinajstić information content (AvgIpc) is 3.32. The van der Waals surface area contributed by atoms with Gasteiger partial charge in [0.05, 0.1) is 16.9 Å². The van der Waals surface area contributed by atoms with Gasteiger partial charge in [0.1, 0.15) is 17.4 Å². The first-order valence-corrected chi connectivity index (χ1v) is 13.9. The van der Waals surface area contributed by atoms with Crippen molar-refractivity contribution in [2.45, 2.75) is 39.1 Å². The predicted octanol–water partition coefficient (Wildman–Crippen LogP) is 5.69. The summed E-state index contributed by atoms with van der Waals surface area (Å²) < 4.78 is 47.1. The Morgan fingerprint density at radius 1 is 0.977 bits per heavy atom. The number of ether oxygens (including phenoxy) is 1. The molecule has 14 heteroatoms. The third kappa shape index (κ3) is 7.02. The van der Waals surface area contributed by atoms with Gasteiger partial charge in [-0.1, -0.05) is 24.3 Å². The van der Waals surface area contributed by atoms with Crippen LogP contribution in [0.3, 0.4) is 0 Å². The number of fused-ring (bicyclic) bond motifs is 1. The van der Waals surface area contributed by atoms with Crippen molar-refractivity contribution in [1.29, 1.82) is 0 Å². The van der Waals surface area contributed by atoms with Crippen molar-refractivity contribution in [1.82, 2.24) is 24.4 Å². The van der Waals surface area contributed by atoms with E-state index < -0.39 is 23.4 Å². The van der Waals surface area contributed by atoms with Gasteiger partial charge in [-0.25, -0.2) is 19.1 Å². The van der Waals surface area contributed by atoms with Gasteiger partial charge in [-0.2, -0.15) is 18.3 Å². The molecular formula is C30H33F3N8O3. The van der Waals surface area contributed by atoms with Gasteiger partial charge in [0, 0.05) is 44.0 Å². The monoisotopic (exact) mass is 610 g/mol. The number of nitrogens with one attached hydrogen (secondary N) is 2. The van der Waals surface area contributed by atoms with Gasteiger partial charge >= 0.3 is 18.3 Å². The molecule has 3 amide bonds. The van der Waals surface area contributed by atoms with E-state index in [-0.39, 0.29) is 11.8 Å². The molecule has 0 saturated carbocycles. The summed E-state index contributed by atoms with van der Waals surface area (Å²) in [6.45, 7) is 8.44. The van der Waals surface area contributed by atoms with E-state index in [2.05, 4.69) is 25.6 Å². The third-order valence-electron chi connectivity index (χ3n) is 7.00. The highest BCUT2D eigenvalue weighted by molar-refractivity contribution is 6.00. The molecular weight excluding hydrogens is 577 g/mol. The minimum atomic E-state index is -4.61. The van der Waals surface area contributed by atoms with Crippen molar-refractivity contribution in [3.8, 4) is 11.1 Å². The number of nitrogens with two attached hydrogens (primary N) is 1. The lowest BCUT2D eigenvalue weighted by atomic mass is 10.1. The molecule has 0 spiro atoms. The number of urea groups is 1. The van der Waals surface area contributed by atoms with Crippen LogP contribution in [0.5, 0.6) is 0 Å². The number of carbonyl (C=O) groups excluding carboxylic acids is 2. The van der Waals surface area contributed by atoms with E-state index in [1.54, 1.807) is 33.7 Å². The molecule has 0 radical (unpaired) electrons. The van der Waals surface area contributed by atoms with E-state index in [4.69, 9.17) is 10.5 Å². The fraction of sp³-hybridized carbons (Fsp3) is 0.333. The van der Waals surface area contributed by atoms with Crippen LogP contribution >= 0.6 is 0 Å². The highest BCUT2D eigenvalue weighted by Crippen LogP contribution is 2.35. The average molecular weight is 611 g/mol. The number of hydrogen-bond acceptors (Lipinski definition) is 7. The van der Waals surface area contributed by atoms with Gasteiger partial charge in [0.25, 0.3) is 0 Å². The molecule has 0 atom stereocenters. The molecule has 5 rings (SSSR count).